The van der Waals surface area contributed by atoms with Gasteiger partial charge in [-0.3, -0.25) is 4.79 Å². The van der Waals surface area contributed by atoms with Crippen molar-refractivity contribution in [1.82, 2.24) is 4.57 Å². The van der Waals surface area contributed by atoms with Crippen LogP contribution in [0.3, 0.4) is 0 Å². The van der Waals surface area contributed by atoms with Crippen LogP contribution in [0.15, 0.2) is 30.5 Å². The zero-order chi connectivity index (χ0) is 11.7. The van der Waals surface area contributed by atoms with Crippen molar-refractivity contribution in [2.75, 3.05) is 0 Å². The number of benzene rings is 1. The average molecular weight is 215 g/mol. The molecule has 2 heteroatoms. The van der Waals surface area contributed by atoms with Crippen molar-refractivity contribution < 1.29 is 4.79 Å². The molecule has 0 aliphatic heterocycles. The maximum atomic E-state index is 11.7. The summed E-state index contributed by atoms with van der Waals surface area (Å²) in [4.78, 5) is 11.7. The van der Waals surface area contributed by atoms with Crippen molar-refractivity contribution in [3.63, 3.8) is 0 Å². The Hall–Kier alpha value is -1.57. The second kappa shape index (κ2) is 4.12. The molecule has 0 amide bonds. The van der Waals surface area contributed by atoms with Crippen molar-refractivity contribution in [2.24, 2.45) is 0 Å². The van der Waals surface area contributed by atoms with Crippen LogP contribution in [-0.2, 0) is 4.79 Å². The Morgan fingerprint density at radius 3 is 2.81 bits per heavy atom. The Labute approximate surface area is 95.9 Å². The smallest absolute Gasteiger partial charge is 0.155 e. The van der Waals surface area contributed by atoms with Crippen LogP contribution in [-0.4, -0.2) is 10.4 Å². The van der Waals surface area contributed by atoms with Crippen molar-refractivity contribution >= 4 is 16.7 Å². The summed E-state index contributed by atoms with van der Waals surface area (Å²) in [5, 5.41) is 1.20. The monoisotopic (exact) mass is 215 g/mol. The fourth-order valence-corrected chi connectivity index (χ4v) is 2.07. The molecule has 0 aliphatic carbocycles. The third kappa shape index (κ3) is 1.75. The van der Waals surface area contributed by atoms with Crippen LogP contribution in [0, 0.1) is 6.92 Å². The number of carbonyl (C=O) groups is 1. The fourth-order valence-electron chi connectivity index (χ4n) is 2.07. The highest BCUT2D eigenvalue weighted by atomic mass is 16.1. The van der Waals surface area contributed by atoms with Gasteiger partial charge in [0, 0.05) is 18.1 Å². The van der Waals surface area contributed by atoms with Crippen molar-refractivity contribution in [2.45, 2.75) is 33.2 Å². The van der Waals surface area contributed by atoms with Gasteiger partial charge >= 0.3 is 0 Å². The first-order chi connectivity index (χ1) is 7.63. The molecule has 1 aromatic carbocycles. The van der Waals surface area contributed by atoms with Gasteiger partial charge in [-0.1, -0.05) is 18.6 Å². The molecule has 0 bridgehead atoms. The van der Waals surface area contributed by atoms with Gasteiger partial charge in [-0.15, -0.1) is 0 Å². The van der Waals surface area contributed by atoms with E-state index in [0.29, 0.717) is 6.42 Å². The molecule has 0 fully saturated rings. The van der Waals surface area contributed by atoms with Crippen LogP contribution >= 0.6 is 0 Å². The Balaban J connectivity index is 2.50. The molecule has 2 aromatic rings. The number of rotatable bonds is 3. The number of aryl methyl sites for hydroxylation is 1. The minimum absolute atomic E-state index is 0.0646. The highest BCUT2D eigenvalue weighted by molar-refractivity contribution is 5.86. The van der Waals surface area contributed by atoms with Crippen molar-refractivity contribution in [1.29, 1.82) is 0 Å². The van der Waals surface area contributed by atoms with Crippen LogP contribution in [0.5, 0.6) is 0 Å². The SMILES string of the molecule is CCC(=O)C(C)n1ccc2cc(C)ccc21. The molecule has 0 N–H and O–H groups in total. The van der Waals surface area contributed by atoms with E-state index in [-0.39, 0.29) is 11.8 Å². The highest BCUT2D eigenvalue weighted by Gasteiger charge is 2.14. The first-order valence-electron chi connectivity index (χ1n) is 5.73. The van der Waals surface area contributed by atoms with Crippen LogP contribution in [0.4, 0.5) is 0 Å². The summed E-state index contributed by atoms with van der Waals surface area (Å²) in [6.07, 6.45) is 2.59. The first-order valence-corrected chi connectivity index (χ1v) is 5.73. The Morgan fingerprint density at radius 2 is 2.12 bits per heavy atom. The molecule has 2 rings (SSSR count). The summed E-state index contributed by atoms with van der Waals surface area (Å²) in [5.41, 5.74) is 2.39. The molecule has 1 unspecified atom stereocenters. The predicted octanol–water partition coefficient (Wildman–Crippen LogP) is 3.49. The summed E-state index contributed by atoms with van der Waals surface area (Å²) < 4.78 is 2.06. The number of nitrogens with zero attached hydrogens (tertiary/aromatic N) is 1. The molecule has 16 heavy (non-hydrogen) atoms. The number of hydrogen-bond acceptors (Lipinski definition) is 1. The van der Waals surface area contributed by atoms with E-state index in [1.807, 2.05) is 20.0 Å². The topological polar surface area (TPSA) is 22.0 Å². The van der Waals surface area contributed by atoms with Crippen LogP contribution < -0.4 is 0 Å². The second-order valence-corrected chi connectivity index (χ2v) is 4.28. The lowest BCUT2D eigenvalue weighted by atomic mass is 10.1. The number of Topliss-reactive ketones (excluding diaryl/α,β-unsaturated/α-hetero) is 1. The van der Waals surface area contributed by atoms with Gasteiger partial charge in [0.25, 0.3) is 0 Å². The molecule has 1 heterocycles. The predicted molar refractivity (Wildman–Crippen MR) is 66.7 cm³/mol. The summed E-state index contributed by atoms with van der Waals surface area (Å²) in [6.45, 7) is 5.96. The lowest BCUT2D eigenvalue weighted by Gasteiger charge is -2.13. The van der Waals surface area contributed by atoms with Gasteiger partial charge in [0.05, 0.1) is 6.04 Å². The summed E-state index contributed by atoms with van der Waals surface area (Å²) in [7, 11) is 0. The number of carbonyl (C=O) groups excluding carboxylic acids is 1. The maximum absolute atomic E-state index is 11.7. The molecule has 0 saturated carbocycles. The zero-order valence-electron chi connectivity index (χ0n) is 10.0. The molecule has 2 nitrogen and oxygen atoms in total. The van der Waals surface area contributed by atoms with Gasteiger partial charge in [-0.2, -0.15) is 0 Å². The molecule has 0 radical (unpaired) electrons. The molecular weight excluding hydrogens is 198 g/mol. The van der Waals surface area contributed by atoms with E-state index in [0.717, 1.165) is 5.52 Å². The van der Waals surface area contributed by atoms with Crippen LogP contribution in [0.2, 0.25) is 0 Å². The van der Waals surface area contributed by atoms with Gasteiger partial charge in [-0.25, -0.2) is 0 Å². The average Bonchev–Trinajstić information content (AvgIpc) is 2.69. The number of fused-ring (bicyclic) bond motifs is 1. The second-order valence-electron chi connectivity index (χ2n) is 4.28. The zero-order valence-corrected chi connectivity index (χ0v) is 10.0. The molecule has 0 aliphatic rings. The summed E-state index contributed by atoms with van der Waals surface area (Å²) >= 11 is 0. The van der Waals surface area contributed by atoms with E-state index in [4.69, 9.17) is 0 Å². The Morgan fingerprint density at radius 1 is 1.38 bits per heavy atom. The first kappa shape index (κ1) is 10.9. The lowest BCUT2D eigenvalue weighted by molar-refractivity contribution is -0.121. The Kier molecular flexibility index (Phi) is 2.82. The normalized spacial score (nSPS) is 12.9. The molecule has 84 valence electrons. The van der Waals surface area contributed by atoms with Crippen LogP contribution in [0.25, 0.3) is 10.9 Å². The number of ketones is 1. The summed E-state index contributed by atoms with van der Waals surface area (Å²) in [6, 6.07) is 8.33. The fraction of sp³-hybridized carbons (Fsp3) is 0.357. The van der Waals surface area contributed by atoms with E-state index in [2.05, 4.69) is 35.8 Å². The minimum Gasteiger partial charge on any atom is -0.337 e. The van der Waals surface area contributed by atoms with Crippen LogP contribution in [0.1, 0.15) is 31.9 Å². The van der Waals surface area contributed by atoms with Gasteiger partial charge in [-0.05, 0) is 37.4 Å². The third-order valence-corrected chi connectivity index (χ3v) is 3.11. The quantitative estimate of drug-likeness (QED) is 0.768. The van der Waals surface area contributed by atoms with Gasteiger partial charge in [0.2, 0.25) is 0 Å². The minimum atomic E-state index is -0.0646. The van der Waals surface area contributed by atoms with Gasteiger partial charge < -0.3 is 4.57 Å². The largest absolute Gasteiger partial charge is 0.337 e. The lowest BCUT2D eigenvalue weighted by Crippen LogP contribution is -2.14. The third-order valence-electron chi connectivity index (χ3n) is 3.11. The standard InChI is InChI=1S/C14H17NO/c1-4-14(16)11(3)15-8-7-12-9-10(2)5-6-13(12)15/h5-9,11H,4H2,1-3H3. The number of aromatic nitrogens is 1. The van der Waals surface area contributed by atoms with E-state index in [1.54, 1.807) is 0 Å². The van der Waals surface area contributed by atoms with E-state index < -0.39 is 0 Å². The number of hydrogen-bond donors (Lipinski definition) is 0. The molecule has 1 atom stereocenters. The molecule has 0 saturated heterocycles. The van der Waals surface area contributed by atoms with Crippen molar-refractivity contribution in [3.8, 4) is 0 Å². The van der Waals surface area contributed by atoms with Gasteiger partial charge in [0.1, 0.15) is 0 Å². The van der Waals surface area contributed by atoms with E-state index in [9.17, 15) is 4.79 Å². The van der Waals surface area contributed by atoms with Gasteiger partial charge in [0.15, 0.2) is 5.78 Å². The Bertz CT molecular complexity index is 525. The molecular formula is C14H17NO. The molecule has 0 spiro atoms. The van der Waals surface area contributed by atoms with E-state index >= 15 is 0 Å². The maximum Gasteiger partial charge on any atom is 0.155 e. The van der Waals surface area contributed by atoms with Crippen molar-refractivity contribution in [3.05, 3.63) is 36.0 Å². The summed E-state index contributed by atoms with van der Waals surface area (Å²) in [5.74, 6) is 0.276. The van der Waals surface area contributed by atoms with E-state index in [1.165, 1.54) is 10.9 Å². The highest BCUT2D eigenvalue weighted by Crippen LogP contribution is 2.22. The molecule has 1 aromatic heterocycles.